The minimum Gasteiger partial charge on any atom is -0.339 e. The number of aromatic nitrogens is 4. The molecule has 0 unspecified atom stereocenters. The van der Waals surface area contributed by atoms with Crippen molar-refractivity contribution in [3.05, 3.63) is 46.0 Å². The zero-order valence-corrected chi connectivity index (χ0v) is 12.7. The third kappa shape index (κ3) is 3.29. The molecule has 0 bridgehead atoms. The number of H-pyrrole nitrogens is 2. The highest BCUT2D eigenvalue weighted by atomic mass is 35.5. The summed E-state index contributed by atoms with van der Waals surface area (Å²) in [6.45, 7) is 0. The van der Waals surface area contributed by atoms with E-state index in [2.05, 4.69) is 25.3 Å². The lowest BCUT2D eigenvalue weighted by Crippen LogP contribution is -2.15. The molecule has 3 N–H and O–H groups in total. The van der Waals surface area contributed by atoms with E-state index in [9.17, 15) is 9.59 Å². The van der Waals surface area contributed by atoms with Crippen LogP contribution >= 0.6 is 23.4 Å². The van der Waals surface area contributed by atoms with E-state index in [0.29, 0.717) is 27.0 Å². The van der Waals surface area contributed by atoms with Crippen molar-refractivity contribution in [2.75, 3.05) is 11.1 Å². The third-order valence-corrected chi connectivity index (χ3v) is 3.83. The number of nitrogens with one attached hydrogen (secondary N) is 3. The van der Waals surface area contributed by atoms with Crippen molar-refractivity contribution in [1.82, 2.24) is 19.9 Å². The molecule has 112 valence electrons. The number of carbonyl (C=O) groups is 1. The summed E-state index contributed by atoms with van der Waals surface area (Å²) in [7, 11) is 0. The molecule has 0 aliphatic carbocycles. The SMILES string of the molecule is O=C(CSc1nc2nc[nH]c2c(=O)[nH]1)Nc1cccc(Cl)c1. The zero-order valence-electron chi connectivity index (χ0n) is 11.1. The van der Waals surface area contributed by atoms with Gasteiger partial charge in [-0.15, -0.1) is 0 Å². The predicted octanol–water partition coefficient (Wildman–Crippen LogP) is 2.03. The smallest absolute Gasteiger partial charge is 0.277 e. The molecule has 2 aromatic heterocycles. The van der Waals surface area contributed by atoms with Crippen LogP contribution in [0.4, 0.5) is 5.69 Å². The number of hydrogen-bond acceptors (Lipinski definition) is 5. The molecule has 22 heavy (non-hydrogen) atoms. The van der Waals surface area contributed by atoms with Crippen molar-refractivity contribution in [3.8, 4) is 0 Å². The van der Waals surface area contributed by atoms with E-state index >= 15 is 0 Å². The van der Waals surface area contributed by atoms with Crippen molar-refractivity contribution in [1.29, 1.82) is 0 Å². The number of nitrogens with zero attached hydrogens (tertiary/aromatic N) is 2. The summed E-state index contributed by atoms with van der Waals surface area (Å²) >= 11 is 6.97. The third-order valence-electron chi connectivity index (χ3n) is 2.72. The first-order valence-electron chi connectivity index (χ1n) is 6.23. The Morgan fingerprint density at radius 1 is 1.41 bits per heavy atom. The Morgan fingerprint density at radius 3 is 3.09 bits per heavy atom. The minimum absolute atomic E-state index is 0.103. The maximum absolute atomic E-state index is 11.9. The van der Waals surface area contributed by atoms with Gasteiger partial charge in [0.2, 0.25) is 5.91 Å². The molecule has 0 aliphatic rings. The van der Waals surface area contributed by atoms with Crippen molar-refractivity contribution >= 4 is 46.1 Å². The average molecular weight is 336 g/mol. The van der Waals surface area contributed by atoms with Crippen molar-refractivity contribution in [2.45, 2.75) is 5.16 Å². The second kappa shape index (κ2) is 6.20. The zero-order chi connectivity index (χ0) is 15.5. The maximum atomic E-state index is 11.9. The van der Waals surface area contributed by atoms with Gasteiger partial charge >= 0.3 is 0 Å². The quantitative estimate of drug-likeness (QED) is 0.500. The first-order chi connectivity index (χ1) is 10.6. The Bertz CT molecular complexity index is 891. The standard InChI is InChI=1S/C13H10ClN5O2S/c14-7-2-1-3-8(4-7)17-9(20)5-22-13-18-11-10(12(21)19-13)15-6-16-11/h1-4,6H,5H2,(H,17,20)(H2,15,16,18,19,21). The second-order valence-corrected chi connectivity index (χ2v) is 5.72. The van der Waals surface area contributed by atoms with E-state index in [1.807, 2.05) is 0 Å². The summed E-state index contributed by atoms with van der Waals surface area (Å²) in [4.78, 5) is 37.0. The van der Waals surface area contributed by atoms with Crippen LogP contribution in [0, 0.1) is 0 Å². The van der Waals surface area contributed by atoms with Crippen LogP contribution in [0.3, 0.4) is 0 Å². The molecule has 0 radical (unpaired) electrons. The molecule has 0 spiro atoms. The lowest BCUT2D eigenvalue weighted by molar-refractivity contribution is -0.113. The van der Waals surface area contributed by atoms with Crippen LogP contribution in [0.2, 0.25) is 5.02 Å². The molecule has 0 fully saturated rings. The van der Waals surface area contributed by atoms with Crippen LogP contribution in [0.1, 0.15) is 0 Å². The van der Waals surface area contributed by atoms with E-state index in [0.717, 1.165) is 11.8 Å². The largest absolute Gasteiger partial charge is 0.339 e. The lowest BCUT2D eigenvalue weighted by atomic mass is 10.3. The van der Waals surface area contributed by atoms with Crippen molar-refractivity contribution in [2.24, 2.45) is 0 Å². The molecule has 2 heterocycles. The first-order valence-corrected chi connectivity index (χ1v) is 7.60. The molecule has 1 aromatic carbocycles. The van der Waals surface area contributed by atoms with Gasteiger partial charge in [0.05, 0.1) is 12.1 Å². The van der Waals surface area contributed by atoms with Gasteiger partial charge < -0.3 is 10.3 Å². The summed E-state index contributed by atoms with van der Waals surface area (Å²) in [5, 5.41) is 3.59. The van der Waals surface area contributed by atoms with E-state index in [4.69, 9.17) is 11.6 Å². The molecule has 0 saturated heterocycles. The number of amides is 1. The molecule has 0 atom stereocenters. The number of anilines is 1. The van der Waals surface area contributed by atoms with E-state index in [1.165, 1.54) is 6.33 Å². The maximum Gasteiger partial charge on any atom is 0.277 e. The Kier molecular flexibility index (Phi) is 4.12. The van der Waals surface area contributed by atoms with Crippen LogP contribution in [0.25, 0.3) is 11.2 Å². The number of rotatable bonds is 4. The van der Waals surface area contributed by atoms with Gasteiger partial charge in [-0.3, -0.25) is 14.6 Å². The molecule has 3 aromatic rings. The monoisotopic (exact) mass is 335 g/mol. The number of imidazole rings is 1. The van der Waals surface area contributed by atoms with Gasteiger partial charge in [0.1, 0.15) is 0 Å². The molecular weight excluding hydrogens is 326 g/mol. The van der Waals surface area contributed by atoms with Gasteiger partial charge in [0.25, 0.3) is 5.56 Å². The molecule has 7 nitrogen and oxygen atoms in total. The van der Waals surface area contributed by atoms with Crippen LogP contribution in [-0.2, 0) is 4.79 Å². The molecule has 1 amide bonds. The molecular formula is C13H10ClN5O2S. The van der Waals surface area contributed by atoms with Crippen molar-refractivity contribution in [3.63, 3.8) is 0 Å². The number of carbonyl (C=O) groups excluding carboxylic acids is 1. The molecule has 9 heteroatoms. The Labute approximate surface area is 133 Å². The average Bonchev–Trinajstić information content (AvgIpc) is 2.94. The highest BCUT2D eigenvalue weighted by Crippen LogP contribution is 2.17. The number of thioether (sulfide) groups is 1. The number of hydrogen-bond donors (Lipinski definition) is 3. The fourth-order valence-electron chi connectivity index (χ4n) is 1.79. The van der Waals surface area contributed by atoms with Gasteiger partial charge in [0, 0.05) is 10.7 Å². The van der Waals surface area contributed by atoms with E-state index in [1.54, 1.807) is 24.3 Å². The number of benzene rings is 1. The van der Waals surface area contributed by atoms with Crippen LogP contribution in [0.5, 0.6) is 0 Å². The van der Waals surface area contributed by atoms with Gasteiger partial charge in [-0.2, -0.15) is 0 Å². The van der Waals surface area contributed by atoms with Crippen LogP contribution in [-0.4, -0.2) is 31.6 Å². The highest BCUT2D eigenvalue weighted by Gasteiger charge is 2.09. The van der Waals surface area contributed by atoms with E-state index in [-0.39, 0.29) is 17.2 Å². The minimum atomic E-state index is -0.319. The normalized spacial score (nSPS) is 10.8. The van der Waals surface area contributed by atoms with Crippen LogP contribution < -0.4 is 10.9 Å². The van der Waals surface area contributed by atoms with Crippen LogP contribution in [0.15, 0.2) is 40.5 Å². The summed E-state index contributed by atoms with van der Waals surface area (Å²) in [5.74, 6) is -0.122. The predicted molar refractivity (Wildman–Crippen MR) is 85.3 cm³/mol. The fourth-order valence-corrected chi connectivity index (χ4v) is 2.63. The summed E-state index contributed by atoms with van der Waals surface area (Å²) in [6, 6.07) is 6.86. The Morgan fingerprint density at radius 2 is 2.27 bits per heavy atom. The van der Waals surface area contributed by atoms with E-state index < -0.39 is 0 Å². The number of halogens is 1. The first kappa shape index (κ1) is 14.6. The second-order valence-electron chi connectivity index (χ2n) is 4.32. The van der Waals surface area contributed by atoms with Gasteiger partial charge in [0.15, 0.2) is 16.3 Å². The lowest BCUT2D eigenvalue weighted by Gasteiger charge is -2.05. The van der Waals surface area contributed by atoms with Gasteiger partial charge in [-0.05, 0) is 18.2 Å². The molecule has 3 rings (SSSR count). The molecule has 0 saturated carbocycles. The Balaban J connectivity index is 1.66. The fraction of sp³-hybridized carbons (Fsp3) is 0.0769. The van der Waals surface area contributed by atoms with Crippen molar-refractivity contribution < 1.29 is 4.79 Å². The van der Waals surface area contributed by atoms with Gasteiger partial charge in [-0.1, -0.05) is 29.4 Å². The van der Waals surface area contributed by atoms with Gasteiger partial charge in [-0.25, -0.2) is 9.97 Å². The summed E-state index contributed by atoms with van der Waals surface area (Å²) in [6.07, 6.45) is 1.40. The Hall–Kier alpha value is -2.32. The number of fused-ring (bicyclic) bond motifs is 1. The molecule has 0 aliphatic heterocycles. The number of aromatic amines is 2. The highest BCUT2D eigenvalue weighted by molar-refractivity contribution is 7.99. The topological polar surface area (TPSA) is 104 Å². The summed E-state index contributed by atoms with van der Waals surface area (Å²) in [5.41, 5.74) is 0.928. The summed E-state index contributed by atoms with van der Waals surface area (Å²) < 4.78 is 0.